The van der Waals surface area contributed by atoms with Crippen molar-refractivity contribution in [2.75, 3.05) is 46.9 Å². The first-order valence-electron chi connectivity index (χ1n) is 11.0. The van der Waals surface area contributed by atoms with E-state index >= 15 is 0 Å². The van der Waals surface area contributed by atoms with Gasteiger partial charge in [0, 0.05) is 43.9 Å². The fourth-order valence-corrected chi connectivity index (χ4v) is 5.09. The highest BCUT2D eigenvalue weighted by Crippen LogP contribution is 2.42. The van der Waals surface area contributed by atoms with Crippen molar-refractivity contribution in [3.8, 4) is 5.75 Å². The summed E-state index contributed by atoms with van der Waals surface area (Å²) in [7, 11) is 4.05. The number of carbonyl (C=O) groups is 1. The van der Waals surface area contributed by atoms with E-state index in [1.807, 2.05) is 60.8 Å². The molecule has 0 spiro atoms. The van der Waals surface area contributed by atoms with Crippen LogP contribution in [0.25, 0.3) is 0 Å². The maximum absolute atomic E-state index is 13.6. The fourth-order valence-electron chi connectivity index (χ4n) is 5.09. The van der Waals surface area contributed by atoms with Gasteiger partial charge in [-0.3, -0.25) is 9.59 Å². The van der Waals surface area contributed by atoms with Crippen molar-refractivity contribution >= 4 is 30.7 Å². The lowest BCUT2D eigenvalue weighted by atomic mass is 9.78. The van der Waals surface area contributed by atoms with E-state index in [0.717, 1.165) is 24.2 Å². The van der Waals surface area contributed by atoms with Gasteiger partial charge in [-0.25, -0.2) is 0 Å². The molecule has 0 radical (unpaired) electrons. The third-order valence-electron chi connectivity index (χ3n) is 6.38. The van der Waals surface area contributed by atoms with Gasteiger partial charge >= 0.3 is 0 Å². The third kappa shape index (κ3) is 5.54. The van der Waals surface area contributed by atoms with Gasteiger partial charge in [-0.2, -0.15) is 0 Å². The van der Waals surface area contributed by atoms with Gasteiger partial charge in [0.15, 0.2) is 0 Å². The Kier molecular flexibility index (Phi) is 9.38. The van der Waals surface area contributed by atoms with Gasteiger partial charge in [-0.15, -0.1) is 24.8 Å². The highest BCUT2D eigenvalue weighted by atomic mass is 35.5. The number of piperidine rings is 1. The molecule has 0 saturated carbocycles. The quantitative estimate of drug-likeness (QED) is 0.664. The van der Waals surface area contributed by atoms with Crippen LogP contribution in [0.5, 0.6) is 5.75 Å². The molecule has 1 saturated heterocycles. The van der Waals surface area contributed by atoms with E-state index in [-0.39, 0.29) is 54.2 Å². The second kappa shape index (κ2) is 11.4. The number of pyridine rings is 1. The Hall–Kier alpha value is -2.06. The van der Waals surface area contributed by atoms with Gasteiger partial charge in [0.1, 0.15) is 12.4 Å². The number of likely N-dealkylation sites (tertiary alicyclic amines) is 1. The van der Waals surface area contributed by atoms with Crippen LogP contribution in [0.3, 0.4) is 0 Å². The number of amides is 1. The zero-order chi connectivity index (χ0) is 22.1. The average molecular weight is 497 g/mol. The van der Waals surface area contributed by atoms with Crippen molar-refractivity contribution in [3.05, 3.63) is 63.6 Å². The third-order valence-corrected chi connectivity index (χ3v) is 6.38. The molecule has 2 N–H and O–H groups in total. The van der Waals surface area contributed by atoms with E-state index in [2.05, 4.69) is 4.90 Å². The summed E-state index contributed by atoms with van der Waals surface area (Å²) in [6.07, 6.45) is 0.996. The summed E-state index contributed by atoms with van der Waals surface area (Å²) in [4.78, 5) is 30.4. The van der Waals surface area contributed by atoms with Gasteiger partial charge in [-0.05, 0) is 51.6 Å². The zero-order valence-electron chi connectivity index (χ0n) is 19.4. The number of nitrogens with zero attached hydrogens (tertiary/aromatic N) is 3. The number of likely N-dealkylation sites (N-methyl/N-ethyl adjacent to an activating group) is 1. The molecule has 1 aromatic heterocycles. The molecule has 2 aliphatic rings. The van der Waals surface area contributed by atoms with Crippen LogP contribution in [-0.2, 0) is 0 Å². The van der Waals surface area contributed by atoms with E-state index in [9.17, 15) is 9.59 Å². The van der Waals surface area contributed by atoms with Crippen LogP contribution >= 0.6 is 24.8 Å². The summed E-state index contributed by atoms with van der Waals surface area (Å²) in [6, 6.07) is 11.3. The highest BCUT2D eigenvalue weighted by molar-refractivity contribution is 5.97. The average Bonchev–Trinajstić information content (AvgIpc) is 2.75. The monoisotopic (exact) mass is 496 g/mol. The summed E-state index contributed by atoms with van der Waals surface area (Å²) in [5.74, 6) is 0.961. The molecule has 0 aliphatic carbocycles. The molecular weight excluding hydrogens is 463 g/mol. The van der Waals surface area contributed by atoms with Crippen molar-refractivity contribution in [1.82, 2.24) is 14.4 Å². The number of nitrogens with two attached hydrogens (primary N) is 1. The van der Waals surface area contributed by atoms with Crippen LogP contribution < -0.4 is 16.0 Å². The minimum absolute atomic E-state index is 0. The number of benzene rings is 1. The van der Waals surface area contributed by atoms with Crippen LogP contribution in [0.4, 0.5) is 0 Å². The number of aromatic nitrogens is 1. The summed E-state index contributed by atoms with van der Waals surface area (Å²) in [6.45, 7) is 4.76. The summed E-state index contributed by atoms with van der Waals surface area (Å²) in [5.41, 5.74) is 8.29. The summed E-state index contributed by atoms with van der Waals surface area (Å²) in [5, 5.41) is 0. The van der Waals surface area contributed by atoms with E-state index in [4.69, 9.17) is 10.5 Å². The largest absolute Gasteiger partial charge is 0.491 e. The van der Waals surface area contributed by atoms with Crippen molar-refractivity contribution in [2.24, 2.45) is 11.7 Å². The lowest BCUT2D eigenvalue weighted by Crippen LogP contribution is -2.52. The van der Waals surface area contributed by atoms with Crippen LogP contribution in [0.1, 0.15) is 40.0 Å². The first-order chi connectivity index (χ1) is 14.9. The number of halogens is 2. The molecule has 3 heterocycles. The lowest BCUT2D eigenvalue weighted by molar-refractivity contribution is 0.0495. The number of ether oxygens (including phenoxy) is 1. The molecule has 3 atom stereocenters. The SMILES string of the molecule is Cc1ccc(OCCN)c(C(=O)N2C[C@H]3C[C@@H](C2)[C@H](CN(C)C)n2c3cccc2=O)c1.Cl.Cl. The Bertz CT molecular complexity index is 1030. The normalized spacial score (nSPS) is 21.0. The van der Waals surface area contributed by atoms with Gasteiger partial charge in [0.2, 0.25) is 0 Å². The van der Waals surface area contributed by atoms with E-state index < -0.39 is 0 Å². The van der Waals surface area contributed by atoms with Crippen molar-refractivity contribution in [3.63, 3.8) is 0 Å². The number of fused-ring (bicyclic) bond motifs is 4. The number of carbonyl (C=O) groups excluding carboxylic acids is 1. The number of aryl methyl sites for hydroxylation is 1. The second-order valence-corrected chi connectivity index (χ2v) is 9.03. The smallest absolute Gasteiger partial charge is 0.257 e. The molecule has 9 heteroatoms. The maximum Gasteiger partial charge on any atom is 0.257 e. The summed E-state index contributed by atoms with van der Waals surface area (Å²) < 4.78 is 7.74. The van der Waals surface area contributed by atoms with Crippen molar-refractivity contribution in [2.45, 2.75) is 25.3 Å². The maximum atomic E-state index is 13.6. The molecule has 2 aliphatic heterocycles. The predicted molar refractivity (Wildman–Crippen MR) is 135 cm³/mol. The van der Waals surface area contributed by atoms with Gasteiger partial charge in [0.05, 0.1) is 11.6 Å². The minimum atomic E-state index is -0.0132. The van der Waals surface area contributed by atoms with Crippen LogP contribution in [0.2, 0.25) is 0 Å². The Morgan fingerprint density at radius 1 is 1.18 bits per heavy atom. The van der Waals surface area contributed by atoms with E-state index in [1.54, 1.807) is 6.07 Å². The molecule has 7 nitrogen and oxygen atoms in total. The van der Waals surface area contributed by atoms with Crippen LogP contribution in [0.15, 0.2) is 41.2 Å². The topological polar surface area (TPSA) is 80.8 Å². The predicted octanol–water partition coefficient (Wildman–Crippen LogP) is 2.70. The molecule has 2 bridgehead atoms. The Labute approximate surface area is 207 Å². The van der Waals surface area contributed by atoms with E-state index in [0.29, 0.717) is 37.6 Å². The van der Waals surface area contributed by atoms with Gasteiger partial charge < -0.3 is 24.8 Å². The zero-order valence-corrected chi connectivity index (χ0v) is 21.0. The standard InChI is InChI=1S/C24H32N4O3.2ClH/c1-16-7-8-22(31-10-9-25)19(11-16)24(30)27-13-17-12-18(14-27)21(15-26(2)3)28-20(17)5-4-6-23(28)29;;/h4-8,11,17-18,21H,9-10,12-15,25H2,1-3H3;2*1H/t17-,18+,21+;;/m1../s1. The van der Waals surface area contributed by atoms with Gasteiger partial charge in [0.25, 0.3) is 11.5 Å². The first-order valence-corrected chi connectivity index (χ1v) is 11.0. The second-order valence-electron chi connectivity index (χ2n) is 9.03. The van der Waals surface area contributed by atoms with Crippen molar-refractivity contribution in [1.29, 1.82) is 0 Å². The van der Waals surface area contributed by atoms with Gasteiger partial charge in [-0.1, -0.05) is 17.7 Å². The van der Waals surface area contributed by atoms with Crippen molar-refractivity contribution < 1.29 is 9.53 Å². The molecule has 1 aromatic carbocycles. The molecule has 0 unspecified atom stereocenters. The van der Waals surface area contributed by atoms with Crippen LogP contribution in [-0.4, -0.2) is 67.2 Å². The van der Waals surface area contributed by atoms with E-state index in [1.165, 1.54) is 0 Å². The molecule has 33 heavy (non-hydrogen) atoms. The number of rotatable bonds is 6. The fraction of sp³-hybridized carbons (Fsp3) is 0.500. The summed E-state index contributed by atoms with van der Waals surface area (Å²) >= 11 is 0. The minimum Gasteiger partial charge on any atom is -0.491 e. The molecular formula is C24H34Cl2N4O3. The first kappa shape index (κ1) is 27.2. The molecule has 182 valence electrons. The van der Waals surface area contributed by atoms with Crippen LogP contribution in [0, 0.1) is 12.8 Å². The Morgan fingerprint density at radius 2 is 1.94 bits per heavy atom. The number of hydrogen-bond donors (Lipinski definition) is 1. The molecule has 4 rings (SSSR count). The Balaban J connectivity index is 0.00000193. The molecule has 2 aromatic rings. The number of hydrogen-bond acceptors (Lipinski definition) is 5. The molecule has 1 amide bonds. The highest BCUT2D eigenvalue weighted by Gasteiger charge is 2.42. The molecule has 1 fully saturated rings. The Morgan fingerprint density at radius 3 is 2.64 bits per heavy atom. The lowest BCUT2D eigenvalue weighted by Gasteiger charge is -2.47.